The first-order valence-corrected chi connectivity index (χ1v) is 14.1. The maximum absolute atomic E-state index is 13.9. The number of hydrogen-bond acceptors (Lipinski definition) is 5. The third-order valence-corrected chi connectivity index (χ3v) is 8.01. The number of rotatable bonds is 12. The zero-order chi connectivity index (χ0) is 28.6. The van der Waals surface area contributed by atoms with Gasteiger partial charge in [-0.3, -0.25) is 13.9 Å². The average Bonchev–Trinajstić information content (AvgIpc) is 2.93. The van der Waals surface area contributed by atoms with E-state index in [2.05, 4.69) is 5.32 Å². The zero-order valence-electron chi connectivity index (χ0n) is 22.6. The number of benzene rings is 3. The molecule has 0 aliphatic carbocycles. The van der Waals surface area contributed by atoms with Crippen molar-refractivity contribution in [1.82, 2.24) is 10.2 Å². The highest BCUT2D eigenvalue weighted by atomic mass is 32.2. The molecule has 2 amide bonds. The number of halogens is 1. The number of nitrogens with one attached hydrogen (secondary N) is 1. The van der Waals surface area contributed by atoms with Crippen molar-refractivity contribution in [1.29, 1.82) is 0 Å². The molecular formula is C29H34FN3O5S. The number of anilines is 1. The molecular weight excluding hydrogens is 521 g/mol. The number of carbonyl (C=O) groups is 2. The molecule has 3 aromatic carbocycles. The van der Waals surface area contributed by atoms with Gasteiger partial charge in [-0.2, -0.15) is 0 Å². The molecule has 0 aliphatic heterocycles. The van der Waals surface area contributed by atoms with Crippen LogP contribution >= 0.6 is 0 Å². The summed E-state index contributed by atoms with van der Waals surface area (Å²) in [6.07, 6.45) is 0.292. The summed E-state index contributed by atoms with van der Waals surface area (Å²) in [5.41, 5.74) is 1.75. The van der Waals surface area contributed by atoms with E-state index in [0.717, 1.165) is 9.87 Å². The largest absolute Gasteiger partial charge is 0.494 e. The summed E-state index contributed by atoms with van der Waals surface area (Å²) < 4.78 is 47.7. The van der Waals surface area contributed by atoms with Crippen molar-refractivity contribution in [3.63, 3.8) is 0 Å². The molecule has 0 aromatic heterocycles. The number of amides is 2. The number of aryl methyl sites for hydroxylation is 1. The number of nitrogens with zero attached hydrogens (tertiary/aromatic N) is 2. The quantitative estimate of drug-likeness (QED) is 0.360. The highest BCUT2D eigenvalue weighted by molar-refractivity contribution is 7.92. The summed E-state index contributed by atoms with van der Waals surface area (Å²) in [7, 11) is -2.69. The monoisotopic (exact) mass is 555 g/mol. The van der Waals surface area contributed by atoms with E-state index in [9.17, 15) is 22.4 Å². The molecule has 208 valence electrons. The minimum Gasteiger partial charge on any atom is -0.494 e. The van der Waals surface area contributed by atoms with Gasteiger partial charge in [0.15, 0.2) is 0 Å². The van der Waals surface area contributed by atoms with Gasteiger partial charge in [0.2, 0.25) is 11.8 Å². The lowest BCUT2D eigenvalue weighted by Crippen LogP contribution is -2.51. The fraction of sp³-hybridized carbons (Fsp3) is 0.310. The summed E-state index contributed by atoms with van der Waals surface area (Å²) in [6.45, 7) is 5.33. The van der Waals surface area contributed by atoms with E-state index in [1.807, 2.05) is 13.8 Å². The number of sulfonamides is 1. The fourth-order valence-corrected chi connectivity index (χ4v) is 5.53. The zero-order valence-corrected chi connectivity index (χ0v) is 23.4. The van der Waals surface area contributed by atoms with Crippen molar-refractivity contribution < 1.29 is 27.1 Å². The van der Waals surface area contributed by atoms with Crippen molar-refractivity contribution in [2.24, 2.45) is 0 Å². The molecule has 0 saturated carbocycles. The minimum atomic E-state index is -4.17. The Kier molecular flexibility index (Phi) is 10.1. The molecule has 1 atom stereocenters. The Balaban J connectivity index is 2.05. The van der Waals surface area contributed by atoms with Crippen molar-refractivity contribution in [3.8, 4) is 5.75 Å². The Bertz CT molecular complexity index is 1360. The predicted octanol–water partition coefficient (Wildman–Crippen LogP) is 4.28. The van der Waals surface area contributed by atoms with Crippen LogP contribution < -0.4 is 14.4 Å². The Morgan fingerprint density at radius 3 is 2.10 bits per heavy atom. The van der Waals surface area contributed by atoms with E-state index in [0.29, 0.717) is 24.3 Å². The second-order valence-corrected chi connectivity index (χ2v) is 10.8. The molecule has 0 fully saturated rings. The number of likely N-dealkylation sites (N-methyl/N-ethyl adjacent to an activating group) is 1. The van der Waals surface area contributed by atoms with Crippen molar-refractivity contribution >= 4 is 27.5 Å². The maximum Gasteiger partial charge on any atom is 0.264 e. The SMILES string of the molecule is CCOc1ccc(N(CC(=O)N(Cc2ccc(F)cc2)[C@@H](CC)C(=O)NC)S(=O)(=O)c2ccc(C)cc2)cc1. The predicted molar refractivity (Wildman–Crippen MR) is 148 cm³/mol. The molecule has 3 rings (SSSR count). The third-order valence-electron chi connectivity index (χ3n) is 6.22. The van der Waals surface area contributed by atoms with E-state index >= 15 is 0 Å². The summed E-state index contributed by atoms with van der Waals surface area (Å²) in [6, 6.07) is 17.5. The molecule has 1 N–H and O–H groups in total. The summed E-state index contributed by atoms with van der Waals surface area (Å²) in [5.74, 6) is -0.842. The molecule has 0 unspecified atom stereocenters. The van der Waals surface area contributed by atoms with Gasteiger partial charge in [0.1, 0.15) is 24.2 Å². The van der Waals surface area contributed by atoms with Gasteiger partial charge in [0, 0.05) is 13.6 Å². The van der Waals surface area contributed by atoms with Gasteiger partial charge in [0.25, 0.3) is 10.0 Å². The molecule has 0 radical (unpaired) electrons. The van der Waals surface area contributed by atoms with Crippen LogP contribution in [-0.4, -0.2) is 51.4 Å². The van der Waals surface area contributed by atoms with Crippen molar-refractivity contribution in [2.45, 2.75) is 44.7 Å². The first kappa shape index (κ1) is 29.6. The van der Waals surface area contributed by atoms with Crippen molar-refractivity contribution in [3.05, 3.63) is 89.7 Å². The van der Waals surface area contributed by atoms with Crippen LogP contribution in [0.1, 0.15) is 31.4 Å². The topological polar surface area (TPSA) is 96.0 Å². The van der Waals surface area contributed by atoms with E-state index < -0.39 is 34.3 Å². The van der Waals surface area contributed by atoms with E-state index in [1.165, 1.54) is 48.3 Å². The van der Waals surface area contributed by atoms with Gasteiger partial charge in [0.05, 0.1) is 17.2 Å². The Labute approximate surface area is 229 Å². The van der Waals surface area contributed by atoms with Gasteiger partial charge in [-0.15, -0.1) is 0 Å². The molecule has 8 nitrogen and oxygen atoms in total. The highest BCUT2D eigenvalue weighted by Crippen LogP contribution is 2.27. The van der Waals surface area contributed by atoms with Crippen LogP contribution in [0.25, 0.3) is 0 Å². The highest BCUT2D eigenvalue weighted by Gasteiger charge is 2.33. The Hall–Kier alpha value is -3.92. The number of carbonyl (C=O) groups excluding carboxylic acids is 2. The Morgan fingerprint density at radius 2 is 1.56 bits per heavy atom. The van der Waals surface area contributed by atoms with Gasteiger partial charge in [-0.05, 0) is 74.4 Å². The molecule has 0 bridgehead atoms. The summed E-state index contributed by atoms with van der Waals surface area (Å²) >= 11 is 0. The molecule has 0 heterocycles. The van der Waals surface area contributed by atoms with Crippen LogP contribution in [-0.2, 0) is 26.2 Å². The maximum atomic E-state index is 13.9. The normalized spacial score (nSPS) is 11.9. The van der Waals surface area contributed by atoms with Crippen LogP contribution in [0.15, 0.2) is 77.7 Å². The van der Waals surface area contributed by atoms with Crippen LogP contribution in [0.4, 0.5) is 10.1 Å². The van der Waals surface area contributed by atoms with Crippen LogP contribution in [0.3, 0.4) is 0 Å². The van der Waals surface area contributed by atoms with Gasteiger partial charge in [-0.1, -0.05) is 36.8 Å². The Morgan fingerprint density at radius 1 is 0.949 bits per heavy atom. The molecule has 3 aromatic rings. The van der Waals surface area contributed by atoms with Crippen LogP contribution in [0, 0.1) is 12.7 Å². The van der Waals surface area contributed by atoms with Crippen LogP contribution in [0.2, 0.25) is 0 Å². The summed E-state index contributed by atoms with van der Waals surface area (Å²) in [5, 5.41) is 2.57. The lowest BCUT2D eigenvalue weighted by molar-refractivity contribution is -0.140. The van der Waals surface area contributed by atoms with E-state index in [-0.39, 0.29) is 23.0 Å². The second-order valence-electron chi connectivity index (χ2n) is 8.94. The first-order chi connectivity index (χ1) is 18.6. The molecule has 0 aliphatic rings. The van der Waals surface area contributed by atoms with Crippen molar-refractivity contribution in [2.75, 3.05) is 24.5 Å². The lowest BCUT2D eigenvalue weighted by atomic mass is 10.1. The number of ether oxygens (including phenoxy) is 1. The first-order valence-electron chi connectivity index (χ1n) is 12.7. The molecule has 0 spiro atoms. The smallest absolute Gasteiger partial charge is 0.264 e. The second kappa shape index (κ2) is 13.2. The van der Waals surface area contributed by atoms with Crippen LogP contribution in [0.5, 0.6) is 5.75 Å². The standard InChI is InChI=1S/C29H34FN3O5S/c1-5-27(29(35)31-4)32(19-22-9-11-23(30)12-10-22)28(34)20-33(24-13-15-25(16-14-24)38-6-2)39(36,37)26-17-7-21(3)8-18-26/h7-18,27H,5-6,19-20H2,1-4H3,(H,31,35)/t27-/m0/s1. The fourth-order valence-electron chi connectivity index (χ4n) is 4.11. The molecule has 39 heavy (non-hydrogen) atoms. The van der Waals surface area contributed by atoms with Gasteiger partial charge in [-0.25, -0.2) is 12.8 Å². The van der Waals surface area contributed by atoms with E-state index in [1.54, 1.807) is 43.3 Å². The number of hydrogen-bond donors (Lipinski definition) is 1. The van der Waals surface area contributed by atoms with E-state index in [4.69, 9.17) is 4.74 Å². The summed E-state index contributed by atoms with van der Waals surface area (Å²) in [4.78, 5) is 27.9. The average molecular weight is 556 g/mol. The molecule has 10 heteroatoms. The minimum absolute atomic E-state index is 0.00721. The van der Waals surface area contributed by atoms with Gasteiger partial charge < -0.3 is 15.0 Å². The molecule has 0 saturated heterocycles. The van der Waals surface area contributed by atoms with Gasteiger partial charge >= 0.3 is 0 Å². The lowest BCUT2D eigenvalue weighted by Gasteiger charge is -2.33. The third kappa shape index (κ3) is 7.35.